The standard InChI is InChI=1S/C14H19N3O2/c1-11(10-19-2)15-7-8-17-13-6-4-3-5-12(13)16-9-14(17)18/h3-6,9,11,15H,7-8,10H2,1-2H3. The molecule has 0 fully saturated rings. The highest BCUT2D eigenvalue weighted by atomic mass is 16.5. The highest BCUT2D eigenvalue weighted by Gasteiger charge is 2.04. The minimum absolute atomic E-state index is 0.0695. The van der Waals surface area contributed by atoms with Gasteiger partial charge in [-0.15, -0.1) is 0 Å². The Kier molecular flexibility index (Phi) is 4.65. The zero-order valence-electron chi connectivity index (χ0n) is 11.3. The Balaban J connectivity index is 2.12. The van der Waals surface area contributed by atoms with Gasteiger partial charge in [-0.2, -0.15) is 0 Å². The molecule has 1 aromatic carbocycles. The van der Waals surface area contributed by atoms with Crippen LogP contribution in [0.2, 0.25) is 0 Å². The molecule has 1 heterocycles. The molecule has 0 radical (unpaired) electrons. The molecule has 1 N–H and O–H groups in total. The summed E-state index contributed by atoms with van der Waals surface area (Å²) in [7, 11) is 1.68. The normalized spacial score (nSPS) is 12.7. The van der Waals surface area contributed by atoms with E-state index in [9.17, 15) is 4.79 Å². The second-order valence-electron chi connectivity index (χ2n) is 4.55. The largest absolute Gasteiger partial charge is 0.383 e. The number of ether oxygens (including phenoxy) is 1. The number of nitrogens with zero attached hydrogens (tertiary/aromatic N) is 2. The third-order valence-electron chi connectivity index (χ3n) is 3.00. The van der Waals surface area contributed by atoms with Crippen LogP contribution in [0.15, 0.2) is 35.3 Å². The maximum atomic E-state index is 11.9. The van der Waals surface area contributed by atoms with Crippen LogP contribution in [0.25, 0.3) is 11.0 Å². The van der Waals surface area contributed by atoms with Crippen LogP contribution >= 0.6 is 0 Å². The van der Waals surface area contributed by atoms with Crippen molar-refractivity contribution in [3.05, 3.63) is 40.8 Å². The van der Waals surface area contributed by atoms with Gasteiger partial charge < -0.3 is 14.6 Å². The van der Waals surface area contributed by atoms with E-state index in [1.165, 1.54) is 6.20 Å². The number of aromatic nitrogens is 2. The maximum Gasteiger partial charge on any atom is 0.269 e. The molecule has 0 amide bonds. The van der Waals surface area contributed by atoms with Crippen LogP contribution in [-0.4, -0.2) is 35.9 Å². The van der Waals surface area contributed by atoms with E-state index in [4.69, 9.17) is 4.74 Å². The molecule has 0 aliphatic rings. The van der Waals surface area contributed by atoms with Crippen molar-refractivity contribution in [3.63, 3.8) is 0 Å². The molecule has 102 valence electrons. The first-order valence-electron chi connectivity index (χ1n) is 6.39. The van der Waals surface area contributed by atoms with Gasteiger partial charge in [-0.25, -0.2) is 4.98 Å². The van der Waals surface area contributed by atoms with E-state index < -0.39 is 0 Å². The van der Waals surface area contributed by atoms with Crippen molar-refractivity contribution in [2.24, 2.45) is 0 Å². The van der Waals surface area contributed by atoms with E-state index in [2.05, 4.69) is 17.2 Å². The van der Waals surface area contributed by atoms with E-state index in [0.29, 0.717) is 13.2 Å². The van der Waals surface area contributed by atoms with E-state index in [0.717, 1.165) is 17.6 Å². The zero-order chi connectivity index (χ0) is 13.7. The van der Waals surface area contributed by atoms with Gasteiger partial charge in [-0.3, -0.25) is 4.79 Å². The van der Waals surface area contributed by atoms with Crippen molar-refractivity contribution in [1.29, 1.82) is 0 Å². The fourth-order valence-electron chi connectivity index (χ4n) is 2.08. The molecule has 0 saturated carbocycles. The fraction of sp³-hybridized carbons (Fsp3) is 0.429. The first-order valence-corrected chi connectivity index (χ1v) is 6.39. The average Bonchev–Trinajstić information content (AvgIpc) is 2.41. The van der Waals surface area contributed by atoms with Crippen molar-refractivity contribution in [1.82, 2.24) is 14.9 Å². The van der Waals surface area contributed by atoms with Crippen LogP contribution in [0.5, 0.6) is 0 Å². The Morgan fingerprint density at radius 1 is 1.42 bits per heavy atom. The lowest BCUT2D eigenvalue weighted by Gasteiger charge is -2.14. The van der Waals surface area contributed by atoms with Crippen LogP contribution < -0.4 is 10.9 Å². The van der Waals surface area contributed by atoms with Gasteiger partial charge in [0.15, 0.2) is 0 Å². The molecule has 2 aromatic rings. The van der Waals surface area contributed by atoms with E-state index in [1.807, 2.05) is 24.3 Å². The highest BCUT2D eigenvalue weighted by Crippen LogP contribution is 2.07. The molecular formula is C14H19N3O2. The lowest BCUT2D eigenvalue weighted by atomic mass is 10.3. The lowest BCUT2D eigenvalue weighted by Crippen LogP contribution is -2.34. The molecule has 1 aromatic heterocycles. The first kappa shape index (κ1) is 13.7. The molecule has 0 spiro atoms. The summed E-state index contributed by atoms with van der Waals surface area (Å²) in [6.45, 7) is 4.05. The Bertz CT molecular complexity index is 595. The number of benzene rings is 1. The van der Waals surface area contributed by atoms with E-state index in [1.54, 1.807) is 11.7 Å². The van der Waals surface area contributed by atoms with Gasteiger partial charge in [0.05, 0.1) is 23.8 Å². The topological polar surface area (TPSA) is 56.1 Å². The zero-order valence-corrected chi connectivity index (χ0v) is 11.3. The van der Waals surface area contributed by atoms with Crippen molar-refractivity contribution in [3.8, 4) is 0 Å². The summed E-state index contributed by atoms with van der Waals surface area (Å²) in [5.74, 6) is 0. The molecule has 0 aliphatic heterocycles. The fourth-order valence-corrected chi connectivity index (χ4v) is 2.08. The van der Waals surface area contributed by atoms with Gasteiger partial charge in [0, 0.05) is 26.2 Å². The Labute approximate surface area is 112 Å². The summed E-state index contributed by atoms with van der Waals surface area (Å²) in [4.78, 5) is 16.0. The molecule has 0 aliphatic carbocycles. The van der Waals surface area contributed by atoms with Crippen molar-refractivity contribution >= 4 is 11.0 Å². The SMILES string of the molecule is COCC(C)NCCn1c(=O)cnc2ccccc21. The number of para-hydroxylation sites is 2. The molecule has 5 heteroatoms. The molecular weight excluding hydrogens is 242 g/mol. The van der Waals surface area contributed by atoms with E-state index in [-0.39, 0.29) is 11.6 Å². The molecule has 0 bridgehead atoms. The minimum atomic E-state index is -0.0695. The van der Waals surface area contributed by atoms with E-state index >= 15 is 0 Å². The smallest absolute Gasteiger partial charge is 0.269 e. The third-order valence-corrected chi connectivity index (χ3v) is 3.00. The van der Waals surface area contributed by atoms with Gasteiger partial charge in [-0.1, -0.05) is 12.1 Å². The van der Waals surface area contributed by atoms with Crippen LogP contribution in [0, 0.1) is 0 Å². The Morgan fingerprint density at radius 2 is 2.21 bits per heavy atom. The number of methoxy groups -OCH3 is 1. The average molecular weight is 261 g/mol. The van der Waals surface area contributed by atoms with Gasteiger partial charge in [0.1, 0.15) is 0 Å². The number of fused-ring (bicyclic) bond motifs is 1. The molecule has 5 nitrogen and oxygen atoms in total. The molecule has 1 unspecified atom stereocenters. The maximum absolute atomic E-state index is 11.9. The van der Waals surface area contributed by atoms with Gasteiger partial charge in [0.2, 0.25) is 0 Å². The van der Waals surface area contributed by atoms with Crippen molar-refractivity contribution < 1.29 is 4.74 Å². The predicted molar refractivity (Wildman–Crippen MR) is 75.3 cm³/mol. The van der Waals surface area contributed by atoms with Crippen LogP contribution in [-0.2, 0) is 11.3 Å². The second kappa shape index (κ2) is 6.45. The van der Waals surface area contributed by atoms with Gasteiger partial charge in [-0.05, 0) is 19.1 Å². The van der Waals surface area contributed by atoms with Crippen molar-refractivity contribution in [2.75, 3.05) is 20.3 Å². The second-order valence-corrected chi connectivity index (χ2v) is 4.55. The number of nitrogens with one attached hydrogen (secondary N) is 1. The molecule has 2 rings (SSSR count). The van der Waals surface area contributed by atoms with Crippen LogP contribution in [0.4, 0.5) is 0 Å². The summed E-state index contributed by atoms with van der Waals surface area (Å²) in [6.07, 6.45) is 1.38. The summed E-state index contributed by atoms with van der Waals surface area (Å²) in [5.41, 5.74) is 1.64. The lowest BCUT2D eigenvalue weighted by molar-refractivity contribution is 0.172. The molecule has 1 atom stereocenters. The monoisotopic (exact) mass is 261 g/mol. The molecule has 0 saturated heterocycles. The quantitative estimate of drug-likeness (QED) is 0.843. The first-order chi connectivity index (χ1) is 9.22. The van der Waals surface area contributed by atoms with Crippen molar-refractivity contribution in [2.45, 2.75) is 19.5 Å². The highest BCUT2D eigenvalue weighted by molar-refractivity contribution is 5.74. The minimum Gasteiger partial charge on any atom is -0.383 e. The summed E-state index contributed by atoms with van der Waals surface area (Å²) in [5, 5.41) is 3.32. The van der Waals surface area contributed by atoms with Gasteiger partial charge in [0.25, 0.3) is 5.56 Å². The predicted octanol–water partition coefficient (Wildman–Crippen LogP) is 1.02. The van der Waals surface area contributed by atoms with Gasteiger partial charge >= 0.3 is 0 Å². The number of hydrogen-bond donors (Lipinski definition) is 1. The number of rotatable bonds is 6. The molecule has 19 heavy (non-hydrogen) atoms. The number of hydrogen-bond acceptors (Lipinski definition) is 4. The Hall–Kier alpha value is -1.72. The van der Waals surface area contributed by atoms with Crippen LogP contribution in [0.1, 0.15) is 6.92 Å². The third kappa shape index (κ3) is 3.39. The Morgan fingerprint density at radius 3 is 3.00 bits per heavy atom. The summed E-state index contributed by atoms with van der Waals surface area (Å²) < 4.78 is 6.80. The van der Waals surface area contributed by atoms with Crippen LogP contribution in [0.3, 0.4) is 0 Å². The summed E-state index contributed by atoms with van der Waals surface area (Å²) in [6, 6.07) is 7.94. The summed E-state index contributed by atoms with van der Waals surface area (Å²) >= 11 is 0.